The molecule has 1 N–H and O–H groups in total. The van der Waals surface area contributed by atoms with E-state index in [4.69, 9.17) is 4.74 Å². The molecule has 100 valence electrons. The van der Waals surface area contributed by atoms with Gasteiger partial charge >= 0.3 is 0 Å². The van der Waals surface area contributed by atoms with Crippen LogP contribution in [0.1, 0.15) is 19.8 Å². The van der Waals surface area contributed by atoms with Crippen molar-refractivity contribution in [3.63, 3.8) is 0 Å². The van der Waals surface area contributed by atoms with Gasteiger partial charge in [0.2, 0.25) is 11.8 Å². The van der Waals surface area contributed by atoms with Gasteiger partial charge in [-0.05, 0) is 39.3 Å². The first-order chi connectivity index (χ1) is 8.83. The highest BCUT2D eigenvalue weighted by Crippen LogP contribution is 2.21. The van der Waals surface area contributed by atoms with Crippen LogP contribution in [0.5, 0.6) is 5.88 Å². The van der Waals surface area contributed by atoms with E-state index < -0.39 is 0 Å². The summed E-state index contributed by atoms with van der Waals surface area (Å²) in [4.78, 5) is 11.1. The number of nitrogens with zero attached hydrogens (tertiary/aromatic N) is 3. The zero-order valence-electron chi connectivity index (χ0n) is 11.2. The number of anilines is 1. The molecule has 1 atom stereocenters. The van der Waals surface area contributed by atoms with E-state index in [1.165, 1.54) is 12.8 Å². The predicted molar refractivity (Wildman–Crippen MR) is 72.1 cm³/mol. The Balaban J connectivity index is 2.03. The van der Waals surface area contributed by atoms with Crippen molar-refractivity contribution in [1.29, 1.82) is 0 Å². The Labute approximate surface area is 109 Å². The number of ether oxygens (including phenoxy) is 1. The van der Waals surface area contributed by atoms with Gasteiger partial charge in [-0.15, -0.1) is 0 Å². The van der Waals surface area contributed by atoms with Gasteiger partial charge in [-0.1, -0.05) is 0 Å². The van der Waals surface area contributed by atoms with E-state index in [0.717, 1.165) is 25.6 Å². The monoisotopic (exact) mass is 250 g/mol. The molecule has 0 spiro atoms. The fourth-order valence-corrected chi connectivity index (χ4v) is 2.42. The average Bonchev–Trinajstić information content (AvgIpc) is 2.40. The highest BCUT2D eigenvalue weighted by atomic mass is 16.5. The summed E-state index contributed by atoms with van der Waals surface area (Å²) < 4.78 is 5.42. The summed E-state index contributed by atoms with van der Waals surface area (Å²) in [6.45, 7) is 5.72. The van der Waals surface area contributed by atoms with Crippen LogP contribution in [0.3, 0.4) is 0 Å². The highest BCUT2D eigenvalue weighted by molar-refractivity contribution is 5.32. The molecule has 0 aromatic carbocycles. The maximum Gasteiger partial charge on any atom is 0.228 e. The summed E-state index contributed by atoms with van der Waals surface area (Å²) in [5, 5.41) is 3.25. The van der Waals surface area contributed by atoms with Crippen LogP contribution in [0.4, 0.5) is 5.95 Å². The van der Waals surface area contributed by atoms with Crippen LogP contribution in [-0.2, 0) is 0 Å². The van der Waals surface area contributed by atoms with Gasteiger partial charge in [0.15, 0.2) is 0 Å². The fraction of sp³-hybridized carbons (Fsp3) is 0.692. The number of aromatic nitrogens is 2. The summed E-state index contributed by atoms with van der Waals surface area (Å²) >= 11 is 0. The maximum atomic E-state index is 5.42. The molecule has 0 aliphatic carbocycles. The van der Waals surface area contributed by atoms with E-state index in [-0.39, 0.29) is 0 Å². The van der Waals surface area contributed by atoms with Crippen LogP contribution in [-0.4, -0.2) is 43.3 Å². The number of hydrogen-bond donors (Lipinski definition) is 1. The van der Waals surface area contributed by atoms with Crippen LogP contribution in [0.15, 0.2) is 12.3 Å². The second-order valence-electron chi connectivity index (χ2n) is 4.64. The summed E-state index contributed by atoms with van der Waals surface area (Å²) in [6, 6.07) is 1.81. The van der Waals surface area contributed by atoms with Crippen LogP contribution in [0, 0.1) is 5.92 Å². The van der Waals surface area contributed by atoms with E-state index >= 15 is 0 Å². The minimum Gasteiger partial charge on any atom is -0.478 e. The molecule has 0 radical (unpaired) electrons. The summed E-state index contributed by atoms with van der Waals surface area (Å²) in [6.07, 6.45) is 4.26. The Morgan fingerprint density at radius 2 is 2.44 bits per heavy atom. The van der Waals surface area contributed by atoms with E-state index in [9.17, 15) is 0 Å². The maximum absolute atomic E-state index is 5.42. The second kappa shape index (κ2) is 6.54. The summed E-state index contributed by atoms with van der Waals surface area (Å²) in [5.41, 5.74) is 0. The first-order valence-electron chi connectivity index (χ1n) is 6.69. The molecular weight excluding hydrogens is 228 g/mol. The average molecular weight is 250 g/mol. The first kappa shape index (κ1) is 13.1. The van der Waals surface area contributed by atoms with Gasteiger partial charge in [-0.3, -0.25) is 0 Å². The molecule has 1 fully saturated rings. The van der Waals surface area contributed by atoms with E-state index in [0.29, 0.717) is 18.4 Å². The predicted octanol–water partition coefficient (Wildman–Crippen LogP) is 1.31. The van der Waals surface area contributed by atoms with Crippen molar-refractivity contribution >= 4 is 5.95 Å². The fourth-order valence-electron chi connectivity index (χ4n) is 2.42. The molecule has 0 amide bonds. The van der Waals surface area contributed by atoms with E-state index in [1.807, 2.05) is 20.0 Å². The Bertz CT molecular complexity index is 370. The smallest absolute Gasteiger partial charge is 0.228 e. The van der Waals surface area contributed by atoms with Crippen LogP contribution in [0.25, 0.3) is 0 Å². The summed E-state index contributed by atoms with van der Waals surface area (Å²) in [5.74, 6) is 2.14. The highest BCUT2D eigenvalue weighted by Gasteiger charge is 2.21. The lowest BCUT2D eigenvalue weighted by molar-refractivity contribution is 0.325. The SMILES string of the molecule is CCOc1ccnc(N2CCCC(CNC)C2)n1. The van der Waals surface area contributed by atoms with Crippen LogP contribution >= 0.6 is 0 Å². The van der Waals surface area contributed by atoms with Gasteiger partial charge in [0, 0.05) is 25.4 Å². The lowest BCUT2D eigenvalue weighted by atomic mass is 9.98. The molecule has 0 bridgehead atoms. The van der Waals surface area contributed by atoms with Crippen molar-refractivity contribution in [2.45, 2.75) is 19.8 Å². The molecule has 5 heteroatoms. The Hall–Kier alpha value is -1.36. The minimum absolute atomic E-state index is 0.638. The number of piperidine rings is 1. The van der Waals surface area contributed by atoms with Gasteiger partial charge < -0.3 is 15.0 Å². The van der Waals surface area contributed by atoms with Crippen LogP contribution < -0.4 is 15.0 Å². The van der Waals surface area contributed by atoms with Crippen molar-refractivity contribution in [2.24, 2.45) is 5.92 Å². The van der Waals surface area contributed by atoms with Gasteiger partial charge in [-0.2, -0.15) is 4.98 Å². The molecule has 5 nitrogen and oxygen atoms in total. The molecule has 0 saturated carbocycles. The van der Waals surface area contributed by atoms with Crippen molar-refractivity contribution in [1.82, 2.24) is 15.3 Å². The van der Waals surface area contributed by atoms with Gasteiger partial charge in [0.25, 0.3) is 0 Å². The topological polar surface area (TPSA) is 50.3 Å². The molecule has 2 rings (SSSR count). The standard InChI is InChI=1S/C13H22N4O/c1-3-18-12-6-7-15-13(16-12)17-8-4-5-11(10-17)9-14-2/h6-7,11,14H,3-5,8-10H2,1-2H3. The molecule has 1 aromatic rings. The molecule has 1 saturated heterocycles. The molecule has 18 heavy (non-hydrogen) atoms. The zero-order valence-corrected chi connectivity index (χ0v) is 11.2. The van der Waals surface area contributed by atoms with E-state index in [2.05, 4.69) is 20.2 Å². The molecular formula is C13H22N4O. The number of hydrogen-bond acceptors (Lipinski definition) is 5. The van der Waals surface area contributed by atoms with Crippen molar-refractivity contribution in [3.05, 3.63) is 12.3 Å². The molecule has 1 unspecified atom stereocenters. The number of nitrogens with one attached hydrogen (secondary N) is 1. The zero-order chi connectivity index (χ0) is 12.8. The third kappa shape index (κ3) is 3.32. The third-order valence-electron chi connectivity index (χ3n) is 3.20. The lowest BCUT2D eigenvalue weighted by Crippen LogP contribution is -2.39. The van der Waals surface area contributed by atoms with Crippen molar-refractivity contribution < 1.29 is 4.74 Å². The number of rotatable bonds is 5. The Morgan fingerprint density at radius 3 is 3.22 bits per heavy atom. The largest absolute Gasteiger partial charge is 0.478 e. The molecule has 1 aliphatic rings. The second-order valence-corrected chi connectivity index (χ2v) is 4.64. The lowest BCUT2D eigenvalue weighted by Gasteiger charge is -2.32. The normalized spacial score (nSPS) is 19.9. The Morgan fingerprint density at radius 1 is 1.56 bits per heavy atom. The third-order valence-corrected chi connectivity index (χ3v) is 3.20. The summed E-state index contributed by atoms with van der Waals surface area (Å²) in [7, 11) is 2.01. The van der Waals surface area contributed by atoms with Crippen molar-refractivity contribution in [2.75, 3.05) is 38.2 Å². The Kier molecular flexibility index (Phi) is 4.75. The molecule has 2 heterocycles. The first-order valence-corrected chi connectivity index (χ1v) is 6.69. The van der Waals surface area contributed by atoms with Crippen LogP contribution in [0.2, 0.25) is 0 Å². The van der Waals surface area contributed by atoms with Crippen molar-refractivity contribution in [3.8, 4) is 5.88 Å². The van der Waals surface area contributed by atoms with E-state index in [1.54, 1.807) is 6.20 Å². The van der Waals surface area contributed by atoms with Gasteiger partial charge in [0.05, 0.1) is 6.61 Å². The minimum atomic E-state index is 0.638. The van der Waals surface area contributed by atoms with Gasteiger partial charge in [-0.25, -0.2) is 4.98 Å². The molecule has 1 aliphatic heterocycles. The quantitative estimate of drug-likeness (QED) is 0.854. The molecule has 1 aromatic heterocycles. The van der Waals surface area contributed by atoms with Gasteiger partial charge in [0.1, 0.15) is 0 Å².